The molecule has 0 bridgehead atoms. The zero-order valence-electron chi connectivity index (χ0n) is 23.8. The molecule has 0 aliphatic carbocycles. The van der Waals surface area contributed by atoms with E-state index in [1.165, 1.54) is 11.3 Å². The van der Waals surface area contributed by atoms with E-state index in [-0.39, 0.29) is 30.2 Å². The van der Waals surface area contributed by atoms with E-state index >= 15 is 0 Å². The van der Waals surface area contributed by atoms with E-state index in [4.69, 9.17) is 0 Å². The Balaban J connectivity index is 1.16. The molecule has 3 amide bonds. The van der Waals surface area contributed by atoms with Gasteiger partial charge in [0.25, 0.3) is 0 Å². The minimum Gasteiger partial charge on any atom is -0.350 e. The number of unbranched alkanes of at least 4 members (excludes halogenated alkanes) is 1. The lowest BCUT2D eigenvalue weighted by Gasteiger charge is -2.15. The Morgan fingerprint density at radius 3 is 2.26 bits per heavy atom. The highest BCUT2D eigenvalue weighted by Crippen LogP contribution is 2.19. The third kappa shape index (κ3) is 9.84. The fourth-order valence-corrected chi connectivity index (χ4v) is 5.06. The van der Waals surface area contributed by atoms with Crippen molar-refractivity contribution >= 4 is 40.0 Å². The van der Waals surface area contributed by atoms with Gasteiger partial charge in [-0.15, -0.1) is 15.3 Å². The van der Waals surface area contributed by atoms with Crippen LogP contribution in [0.25, 0.3) is 0 Å². The lowest BCUT2D eigenvalue weighted by Crippen LogP contribution is -2.25. The molecule has 218 valence electrons. The second kappa shape index (κ2) is 15.5. The third-order valence-electron chi connectivity index (χ3n) is 6.50. The summed E-state index contributed by atoms with van der Waals surface area (Å²) in [5.74, 6) is 0.0893. The number of aromatic nitrogens is 4. The van der Waals surface area contributed by atoms with Gasteiger partial charge in [-0.05, 0) is 55.0 Å². The van der Waals surface area contributed by atoms with Crippen LogP contribution in [0.15, 0.2) is 66.7 Å². The number of anilines is 2. The first-order chi connectivity index (χ1) is 20.4. The Hall–Kier alpha value is -4.51. The summed E-state index contributed by atoms with van der Waals surface area (Å²) in [6.07, 6.45) is 4.22. The zero-order valence-corrected chi connectivity index (χ0v) is 24.6. The summed E-state index contributed by atoms with van der Waals surface area (Å²) in [6, 6.07) is 20.7. The van der Waals surface area contributed by atoms with Gasteiger partial charge in [-0.2, -0.15) is 5.10 Å². The molecule has 10 nitrogen and oxygen atoms in total. The van der Waals surface area contributed by atoms with Crippen LogP contribution in [0.3, 0.4) is 0 Å². The van der Waals surface area contributed by atoms with Gasteiger partial charge in [0, 0.05) is 12.8 Å². The van der Waals surface area contributed by atoms with Crippen molar-refractivity contribution in [3.8, 4) is 0 Å². The molecule has 0 fully saturated rings. The van der Waals surface area contributed by atoms with E-state index in [0.717, 1.165) is 53.1 Å². The maximum Gasteiger partial charge on any atom is 0.230 e. The largest absolute Gasteiger partial charge is 0.350 e. The van der Waals surface area contributed by atoms with Gasteiger partial charge in [-0.25, -0.2) is 0 Å². The zero-order chi connectivity index (χ0) is 29.7. The molecular formula is C31H35N7O3S. The fraction of sp³-hybridized carbons (Fsp3) is 0.323. The standard InChI is InChI=1S/C31H35N7O3S/c1-3-27(39)32-21(2)24-13-9-12-23(18-24)20-28(40)33-26-17-16-25(35-36-26)14-7-8-15-30-37-38-31(42-30)34-29(41)19-22-10-5-4-6-11-22/h4-6,9-13,16-18,21H,3,7-8,14-15,19-20H2,1-2H3,(H,32,39)(H,33,36,40)(H,34,38,41). The molecule has 2 aromatic carbocycles. The normalized spacial score (nSPS) is 11.5. The molecule has 3 N–H and O–H groups in total. The Kier molecular flexibility index (Phi) is 11.2. The molecule has 0 aliphatic heterocycles. The number of carbonyl (C=O) groups excluding carboxylic acids is 3. The lowest BCUT2D eigenvalue weighted by atomic mass is 10.0. The second-order valence-electron chi connectivity index (χ2n) is 9.94. The summed E-state index contributed by atoms with van der Waals surface area (Å²) in [5, 5.41) is 26.6. The van der Waals surface area contributed by atoms with Gasteiger partial charge in [0.05, 0.1) is 24.6 Å². The van der Waals surface area contributed by atoms with Gasteiger partial charge in [0.1, 0.15) is 5.01 Å². The first-order valence-corrected chi connectivity index (χ1v) is 14.9. The molecule has 1 atom stereocenters. The van der Waals surface area contributed by atoms with E-state index in [1.54, 1.807) is 6.07 Å². The van der Waals surface area contributed by atoms with Crippen LogP contribution in [0.2, 0.25) is 0 Å². The molecule has 2 heterocycles. The van der Waals surface area contributed by atoms with E-state index in [1.807, 2.05) is 74.5 Å². The third-order valence-corrected chi connectivity index (χ3v) is 7.39. The van der Waals surface area contributed by atoms with Crippen LogP contribution < -0.4 is 16.0 Å². The summed E-state index contributed by atoms with van der Waals surface area (Å²) >= 11 is 1.39. The molecule has 4 aromatic rings. The second-order valence-corrected chi connectivity index (χ2v) is 11.0. The Morgan fingerprint density at radius 2 is 1.50 bits per heavy atom. The molecule has 4 rings (SSSR count). The minimum absolute atomic E-state index is 0.0138. The average molecular weight is 586 g/mol. The Labute approximate surface area is 249 Å². The molecule has 0 saturated carbocycles. The van der Waals surface area contributed by atoms with Crippen molar-refractivity contribution in [1.82, 2.24) is 25.7 Å². The van der Waals surface area contributed by atoms with Gasteiger partial charge < -0.3 is 16.0 Å². The monoisotopic (exact) mass is 585 g/mol. The first-order valence-electron chi connectivity index (χ1n) is 14.0. The summed E-state index contributed by atoms with van der Waals surface area (Å²) in [4.78, 5) is 36.5. The SMILES string of the molecule is CCC(=O)NC(C)c1cccc(CC(=O)Nc2ccc(CCCCc3nnc(NC(=O)Cc4ccccc4)s3)nn2)c1. The summed E-state index contributed by atoms with van der Waals surface area (Å²) in [6.45, 7) is 3.74. The van der Waals surface area contributed by atoms with Crippen molar-refractivity contribution in [2.24, 2.45) is 0 Å². The molecule has 0 radical (unpaired) electrons. The van der Waals surface area contributed by atoms with E-state index in [9.17, 15) is 14.4 Å². The molecule has 11 heteroatoms. The summed E-state index contributed by atoms with van der Waals surface area (Å²) < 4.78 is 0. The number of amides is 3. The van der Waals surface area contributed by atoms with Crippen LogP contribution in [-0.2, 0) is 40.1 Å². The van der Waals surface area contributed by atoms with Crippen molar-refractivity contribution in [2.75, 3.05) is 10.6 Å². The number of aryl methyl sites for hydroxylation is 2. The lowest BCUT2D eigenvalue weighted by molar-refractivity contribution is -0.121. The van der Waals surface area contributed by atoms with Crippen molar-refractivity contribution in [2.45, 2.75) is 64.8 Å². The molecule has 42 heavy (non-hydrogen) atoms. The highest BCUT2D eigenvalue weighted by Gasteiger charge is 2.12. The number of rotatable bonds is 14. The van der Waals surface area contributed by atoms with Gasteiger partial charge >= 0.3 is 0 Å². The topological polar surface area (TPSA) is 139 Å². The van der Waals surface area contributed by atoms with E-state index in [0.29, 0.717) is 23.8 Å². The number of hydrogen-bond acceptors (Lipinski definition) is 8. The number of nitrogens with zero attached hydrogens (tertiary/aromatic N) is 4. The van der Waals surface area contributed by atoms with Gasteiger partial charge in [0.2, 0.25) is 22.9 Å². The van der Waals surface area contributed by atoms with Gasteiger partial charge in [-0.1, -0.05) is 72.9 Å². The van der Waals surface area contributed by atoms with Crippen molar-refractivity contribution < 1.29 is 14.4 Å². The predicted molar refractivity (Wildman–Crippen MR) is 163 cm³/mol. The van der Waals surface area contributed by atoms with Crippen LogP contribution in [-0.4, -0.2) is 38.1 Å². The number of hydrogen-bond donors (Lipinski definition) is 3. The average Bonchev–Trinajstić information content (AvgIpc) is 3.43. The van der Waals surface area contributed by atoms with Crippen LogP contribution >= 0.6 is 11.3 Å². The minimum atomic E-state index is -0.188. The number of carbonyl (C=O) groups is 3. The van der Waals surface area contributed by atoms with Crippen molar-refractivity contribution in [3.63, 3.8) is 0 Å². The maximum absolute atomic E-state index is 12.6. The molecule has 1 unspecified atom stereocenters. The molecule has 0 spiro atoms. The molecular weight excluding hydrogens is 550 g/mol. The summed E-state index contributed by atoms with van der Waals surface area (Å²) in [5.41, 5.74) is 3.59. The quantitative estimate of drug-likeness (QED) is 0.180. The Morgan fingerprint density at radius 1 is 0.762 bits per heavy atom. The first kappa shape index (κ1) is 30.4. The van der Waals surface area contributed by atoms with Gasteiger partial charge in [0.15, 0.2) is 5.82 Å². The van der Waals surface area contributed by atoms with Gasteiger partial charge in [-0.3, -0.25) is 14.4 Å². The van der Waals surface area contributed by atoms with Crippen LogP contribution in [0, 0.1) is 0 Å². The Bertz CT molecular complexity index is 1480. The predicted octanol–water partition coefficient (Wildman–Crippen LogP) is 4.84. The molecule has 2 aromatic heterocycles. The maximum atomic E-state index is 12.6. The van der Waals surface area contributed by atoms with Crippen molar-refractivity contribution in [3.05, 3.63) is 94.1 Å². The van der Waals surface area contributed by atoms with E-state index in [2.05, 4.69) is 36.3 Å². The summed E-state index contributed by atoms with van der Waals surface area (Å²) in [7, 11) is 0. The molecule has 0 aliphatic rings. The smallest absolute Gasteiger partial charge is 0.230 e. The van der Waals surface area contributed by atoms with Crippen LogP contribution in [0.5, 0.6) is 0 Å². The van der Waals surface area contributed by atoms with Crippen LogP contribution in [0.1, 0.15) is 66.5 Å². The highest BCUT2D eigenvalue weighted by molar-refractivity contribution is 7.15. The number of benzene rings is 2. The van der Waals surface area contributed by atoms with Crippen LogP contribution in [0.4, 0.5) is 10.9 Å². The highest BCUT2D eigenvalue weighted by atomic mass is 32.1. The van der Waals surface area contributed by atoms with Crippen molar-refractivity contribution in [1.29, 1.82) is 0 Å². The van der Waals surface area contributed by atoms with E-state index < -0.39 is 0 Å². The molecule has 0 saturated heterocycles. The fourth-order valence-electron chi connectivity index (χ4n) is 4.26. The number of nitrogens with one attached hydrogen (secondary N) is 3.